The molecule has 3 N–H and O–H groups in total. The molecule has 2 rings (SSSR count). The summed E-state index contributed by atoms with van der Waals surface area (Å²) in [6.45, 7) is -0.0597. The van der Waals surface area contributed by atoms with Crippen LogP contribution in [-0.2, 0) is 6.61 Å². The third kappa shape index (κ3) is 2.10. The molecule has 5 heteroatoms. The average Bonchev–Trinajstić information content (AvgIpc) is 2.77. The van der Waals surface area contributed by atoms with Crippen molar-refractivity contribution in [2.75, 3.05) is 0 Å². The molecule has 0 atom stereocenters. The Morgan fingerprint density at radius 3 is 2.56 bits per heavy atom. The van der Waals surface area contributed by atoms with E-state index in [0.29, 0.717) is 11.3 Å². The van der Waals surface area contributed by atoms with Gasteiger partial charge in [-0.25, -0.2) is 4.98 Å². The molecule has 0 fully saturated rings. The fourth-order valence-corrected chi connectivity index (χ4v) is 2.11. The molecule has 0 saturated heterocycles. The summed E-state index contributed by atoms with van der Waals surface area (Å²) in [6.07, 6.45) is 0. The molecule has 0 aliphatic carbocycles. The summed E-state index contributed by atoms with van der Waals surface area (Å²) in [5, 5.41) is 11.5. The van der Waals surface area contributed by atoms with Gasteiger partial charge < -0.3 is 10.8 Å². The van der Waals surface area contributed by atoms with E-state index >= 15 is 0 Å². The molecule has 0 bridgehead atoms. The lowest BCUT2D eigenvalue weighted by molar-refractivity contribution is 0.100. The minimum absolute atomic E-state index is 0.0597. The van der Waals surface area contributed by atoms with Gasteiger partial charge in [0.05, 0.1) is 12.3 Å². The van der Waals surface area contributed by atoms with Crippen molar-refractivity contribution in [1.82, 2.24) is 4.98 Å². The van der Waals surface area contributed by atoms with E-state index in [2.05, 4.69) is 4.98 Å². The molecule has 1 aromatic carbocycles. The Bertz CT molecular complexity index is 505. The highest BCUT2D eigenvalue weighted by Gasteiger charge is 2.05. The number of aliphatic hydroxyl groups excluding tert-OH is 1. The first kappa shape index (κ1) is 10.8. The van der Waals surface area contributed by atoms with E-state index in [1.54, 1.807) is 29.6 Å². The van der Waals surface area contributed by atoms with E-state index in [-0.39, 0.29) is 6.61 Å². The Morgan fingerprint density at radius 2 is 2.06 bits per heavy atom. The van der Waals surface area contributed by atoms with Gasteiger partial charge in [-0.3, -0.25) is 4.79 Å². The van der Waals surface area contributed by atoms with E-state index in [1.807, 2.05) is 0 Å². The summed E-state index contributed by atoms with van der Waals surface area (Å²) in [6, 6.07) is 6.91. The SMILES string of the molecule is NC(=O)c1ccc(-c2nc(CO)cs2)cc1. The van der Waals surface area contributed by atoms with Gasteiger partial charge in [-0.05, 0) is 12.1 Å². The van der Waals surface area contributed by atoms with Crippen LogP contribution in [-0.4, -0.2) is 16.0 Å². The quantitative estimate of drug-likeness (QED) is 0.842. The number of benzene rings is 1. The van der Waals surface area contributed by atoms with Crippen LogP contribution in [0.3, 0.4) is 0 Å². The van der Waals surface area contributed by atoms with Crippen molar-refractivity contribution in [3.05, 3.63) is 40.9 Å². The van der Waals surface area contributed by atoms with Gasteiger partial charge in [-0.15, -0.1) is 11.3 Å². The van der Waals surface area contributed by atoms with E-state index in [0.717, 1.165) is 10.6 Å². The molecule has 0 aliphatic heterocycles. The predicted octanol–water partition coefficient (Wildman–Crippen LogP) is 1.40. The first-order valence-electron chi connectivity index (χ1n) is 4.66. The molecule has 1 aromatic heterocycles. The second-order valence-electron chi connectivity index (χ2n) is 3.24. The number of thiazole rings is 1. The van der Waals surface area contributed by atoms with Gasteiger partial charge in [0.1, 0.15) is 5.01 Å². The highest BCUT2D eigenvalue weighted by molar-refractivity contribution is 7.13. The smallest absolute Gasteiger partial charge is 0.248 e. The number of hydrogen-bond donors (Lipinski definition) is 2. The van der Waals surface area contributed by atoms with Crippen LogP contribution in [0.2, 0.25) is 0 Å². The van der Waals surface area contributed by atoms with Crippen molar-refractivity contribution in [1.29, 1.82) is 0 Å². The second kappa shape index (κ2) is 4.42. The summed E-state index contributed by atoms with van der Waals surface area (Å²) in [5.41, 5.74) is 7.18. The van der Waals surface area contributed by atoms with E-state index in [4.69, 9.17) is 10.8 Å². The van der Waals surface area contributed by atoms with Crippen LogP contribution in [0.5, 0.6) is 0 Å². The molecule has 2 aromatic rings. The normalized spacial score (nSPS) is 10.3. The standard InChI is InChI=1S/C11H10N2O2S/c12-10(15)7-1-3-8(4-2-7)11-13-9(5-14)6-16-11/h1-4,6,14H,5H2,(H2,12,15). The number of carbonyl (C=O) groups excluding carboxylic acids is 1. The van der Waals surface area contributed by atoms with Crippen LogP contribution in [0, 0.1) is 0 Å². The molecule has 0 saturated carbocycles. The summed E-state index contributed by atoms with van der Waals surface area (Å²) >= 11 is 1.45. The number of nitrogens with two attached hydrogens (primary N) is 1. The third-order valence-electron chi connectivity index (χ3n) is 2.13. The molecule has 0 aliphatic rings. The number of amides is 1. The van der Waals surface area contributed by atoms with Crippen LogP contribution in [0.4, 0.5) is 0 Å². The Morgan fingerprint density at radius 1 is 1.38 bits per heavy atom. The summed E-state index contributed by atoms with van der Waals surface area (Å²) in [7, 11) is 0. The lowest BCUT2D eigenvalue weighted by Crippen LogP contribution is -2.10. The van der Waals surface area contributed by atoms with Gasteiger partial charge in [0.2, 0.25) is 5.91 Å². The second-order valence-corrected chi connectivity index (χ2v) is 4.10. The fourth-order valence-electron chi connectivity index (χ4n) is 1.29. The van der Waals surface area contributed by atoms with Crippen LogP contribution in [0.15, 0.2) is 29.6 Å². The predicted molar refractivity (Wildman–Crippen MR) is 62.0 cm³/mol. The molecular weight excluding hydrogens is 224 g/mol. The van der Waals surface area contributed by atoms with Gasteiger partial charge in [0, 0.05) is 16.5 Å². The molecule has 4 nitrogen and oxygen atoms in total. The fraction of sp³-hybridized carbons (Fsp3) is 0.0909. The lowest BCUT2D eigenvalue weighted by atomic mass is 10.1. The number of rotatable bonds is 3. The van der Waals surface area contributed by atoms with Gasteiger partial charge in [0.15, 0.2) is 0 Å². The van der Waals surface area contributed by atoms with Crippen LogP contribution < -0.4 is 5.73 Å². The Kier molecular flexibility index (Phi) is 2.98. The Balaban J connectivity index is 2.30. The summed E-state index contributed by atoms with van der Waals surface area (Å²) < 4.78 is 0. The highest BCUT2D eigenvalue weighted by atomic mass is 32.1. The number of hydrogen-bond acceptors (Lipinski definition) is 4. The minimum Gasteiger partial charge on any atom is -0.390 e. The van der Waals surface area contributed by atoms with Crippen LogP contribution >= 0.6 is 11.3 Å². The number of nitrogens with zero attached hydrogens (tertiary/aromatic N) is 1. The average molecular weight is 234 g/mol. The largest absolute Gasteiger partial charge is 0.390 e. The molecule has 1 heterocycles. The number of aromatic nitrogens is 1. The molecule has 0 radical (unpaired) electrons. The highest BCUT2D eigenvalue weighted by Crippen LogP contribution is 2.23. The maximum absolute atomic E-state index is 10.9. The lowest BCUT2D eigenvalue weighted by Gasteiger charge is -1.98. The Hall–Kier alpha value is -1.72. The number of aliphatic hydroxyl groups is 1. The van der Waals surface area contributed by atoms with Crippen molar-refractivity contribution in [3.8, 4) is 10.6 Å². The van der Waals surface area contributed by atoms with E-state index < -0.39 is 5.91 Å². The van der Waals surface area contributed by atoms with Gasteiger partial charge in [-0.1, -0.05) is 12.1 Å². The Labute approximate surface area is 96.4 Å². The zero-order valence-electron chi connectivity index (χ0n) is 8.38. The van der Waals surface area contributed by atoms with Crippen molar-refractivity contribution in [2.45, 2.75) is 6.61 Å². The first-order valence-corrected chi connectivity index (χ1v) is 5.54. The maximum atomic E-state index is 10.9. The van der Waals surface area contributed by atoms with Gasteiger partial charge in [-0.2, -0.15) is 0 Å². The van der Waals surface area contributed by atoms with Crippen molar-refractivity contribution < 1.29 is 9.90 Å². The molecule has 1 amide bonds. The van der Waals surface area contributed by atoms with Crippen molar-refractivity contribution >= 4 is 17.2 Å². The topological polar surface area (TPSA) is 76.2 Å². The number of carbonyl (C=O) groups is 1. The summed E-state index contributed by atoms with van der Waals surface area (Å²) in [4.78, 5) is 15.1. The monoisotopic (exact) mass is 234 g/mol. The minimum atomic E-state index is -0.443. The zero-order valence-corrected chi connectivity index (χ0v) is 9.20. The van der Waals surface area contributed by atoms with Gasteiger partial charge >= 0.3 is 0 Å². The molecular formula is C11H10N2O2S. The van der Waals surface area contributed by atoms with Gasteiger partial charge in [0.25, 0.3) is 0 Å². The molecule has 16 heavy (non-hydrogen) atoms. The van der Waals surface area contributed by atoms with Crippen molar-refractivity contribution in [2.24, 2.45) is 5.73 Å². The van der Waals surface area contributed by atoms with E-state index in [1.165, 1.54) is 11.3 Å². The third-order valence-corrected chi connectivity index (χ3v) is 3.07. The number of primary amides is 1. The van der Waals surface area contributed by atoms with Crippen LogP contribution in [0.1, 0.15) is 16.1 Å². The molecule has 82 valence electrons. The molecule has 0 unspecified atom stereocenters. The molecule has 0 spiro atoms. The van der Waals surface area contributed by atoms with Crippen molar-refractivity contribution in [3.63, 3.8) is 0 Å². The van der Waals surface area contributed by atoms with E-state index in [9.17, 15) is 4.79 Å². The maximum Gasteiger partial charge on any atom is 0.248 e. The first-order chi connectivity index (χ1) is 7.70. The zero-order chi connectivity index (χ0) is 11.5. The van der Waals surface area contributed by atoms with Crippen LogP contribution in [0.25, 0.3) is 10.6 Å². The summed E-state index contributed by atoms with van der Waals surface area (Å²) in [5.74, 6) is -0.443.